The third kappa shape index (κ3) is 3.74. The summed E-state index contributed by atoms with van der Waals surface area (Å²) in [6.45, 7) is 2.01. The van der Waals surface area contributed by atoms with E-state index < -0.39 is 0 Å². The van der Waals surface area contributed by atoms with Crippen molar-refractivity contribution in [2.75, 3.05) is 27.7 Å². The van der Waals surface area contributed by atoms with E-state index in [4.69, 9.17) is 4.74 Å². The van der Waals surface area contributed by atoms with Gasteiger partial charge in [0.25, 0.3) is 0 Å². The van der Waals surface area contributed by atoms with Crippen molar-refractivity contribution in [2.24, 2.45) is 0 Å². The van der Waals surface area contributed by atoms with Gasteiger partial charge in [-0.3, -0.25) is 0 Å². The van der Waals surface area contributed by atoms with Gasteiger partial charge in [0.1, 0.15) is 5.75 Å². The highest BCUT2D eigenvalue weighted by Gasteiger charge is 2.33. The van der Waals surface area contributed by atoms with Crippen molar-refractivity contribution < 1.29 is 4.74 Å². The van der Waals surface area contributed by atoms with Crippen LogP contribution in [0.1, 0.15) is 37.7 Å². The van der Waals surface area contributed by atoms with E-state index in [1.165, 1.54) is 37.7 Å². The van der Waals surface area contributed by atoms with E-state index in [0.29, 0.717) is 5.54 Å². The molecule has 0 spiro atoms. The molecule has 1 fully saturated rings. The molecule has 0 radical (unpaired) electrons. The topological polar surface area (TPSA) is 24.5 Å². The van der Waals surface area contributed by atoms with Crippen molar-refractivity contribution in [2.45, 2.75) is 44.2 Å². The molecule has 1 saturated carbocycles. The van der Waals surface area contributed by atoms with Crippen molar-refractivity contribution in [1.82, 2.24) is 10.2 Å². The largest absolute Gasteiger partial charge is 0.497 e. The van der Waals surface area contributed by atoms with Crippen molar-refractivity contribution in [3.05, 3.63) is 29.8 Å². The van der Waals surface area contributed by atoms with E-state index in [0.717, 1.165) is 18.8 Å². The minimum Gasteiger partial charge on any atom is -0.497 e. The van der Waals surface area contributed by atoms with Gasteiger partial charge in [0.2, 0.25) is 0 Å². The van der Waals surface area contributed by atoms with Crippen LogP contribution >= 0.6 is 0 Å². The molecule has 0 atom stereocenters. The summed E-state index contributed by atoms with van der Waals surface area (Å²) in [7, 11) is 6.15. The van der Waals surface area contributed by atoms with Crippen LogP contribution < -0.4 is 10.1 Å². The van der Waals surface area contributed by atoms with E-state index in [1.807, 2.05) is 12.1 Å². The fourth-order valence-corrected chi connectivity index (χ4v) is 3.17. The molecule has 112 valence electrons. The van der Waals surface area contributed by atoms with Crippen LogP contribution in [0.25, 0.3) is 0 Å². The Hall–Kier alpha value is -1.06. The number of benzene rings is 1. The van der Waals surface area contributed by atoms with Gasteiger partial charge < -0.3 is 15.0 Å². The zero-order chi connectivity index (χ0) is 14.4. The highest BCUT2D eigenvalue weighted by molar-refractivity contribution is 5.27. The number of ether oxygens (including phenoxy) is 1. The first-order valence-electron chi connectivity index (χ1n) is 7.67. The van der Waals surface area contributed by atoms with Crippen molar-refractivity contribution in [3.8, 4) is 5.75 Å². The average molecular weight is 276 g/mol. The Kier molecular flexibility index (Phi) is 5.44. The number of hydrogen-bond donors (Lipinski definition) is 1. The molecule has 2 rings (SSSR count). The third-order valence-corrected chi connectivity index (χ3v) is 4.68. The molecule has 3 heteroatoms. The molecule has 0 amide bonds. The van der Waals surface area contributed by atoms with Crippen LogP contribution in [0.2, 0.25) is 0 Å². The molecular weight excluding hydrogens is 248 g/mol. The quantitative estimate of drug-likeness (QED) is 0.864. The van der Waals surface area contributed by atoms with Gasteiger partial charge in [0, 0.05) is 18.6 Å². The predicted molar refractivity (Wildman–Crippen MR) is 84.2 cm³/mol. The lowest BCUT2D eigenvalue weighted by Gasteiger charge is -2.43. The van der Waals surface area contributed by atoms with Crippen LogP contribution in [-0.4, -0.2) is 38.2 Å². The van der Waals surface area contributed by atoms with Gasteiger partial charge in [0.05, 0.1) is 7.11 Å². The maximum absolute atomic E-state index is 5.19. The lowest BCUT2D eigenvalue weighted by Crippen LogP contribution is -2.52. The van der Waals surface area contributed by atoms with Gasteiger partial charge in [-0.15, -0.1) is 0 Å². The van der Waals surface area contributed by atoms with Crippen LogP contribution in [-0.2, 0) is 6.54 Å². The van der Waals surface area contributed by atoms with Crippen molar-refractivity contribution in [1.29, 1.82) is 0 Å². The second-order valence-corrected chi connectivity index (χ2v) is 6.13. The van der Waals surface area contributed by atoms with Gasteiger partial charge in [-0.25, -0.2) is 0 Å². The summed E-state index contributed by atoms with van der Waals surface area (Å²) in [5.74, 6) is 0.922. The summed E-state index contributed by atoms with van der Waals surface area (Å²) in [4.78, 5) is 2.42. The van der Waals surface area contributed by atoms with Gasteiger partial charge in [0.15, 0.2) is 0 Å². The molecule has 1 aromatic rings. The summed E-state index contributed by atoms with van der Waals surface area (Å²) in [6.07, 6.45) is 6.75. The summed E-state index contributed by atoms with van der Waals surface area (Å²) < 4.78 is 5.19. The molecule has 20 heavy (non-hydrogen) atoms. The molecule has 1 aromatic carbocycles. The van der Waals surface area contributed by atoms with E-state index in [-0.39, 0.29) is 0 Å². The Balaban J connectivity index is 1.86. The molecule has 0 aliphatic heterocycles. The molecule has 3 nitrogen and oxygen atoms in total. The predicted octanol–water partition coefficient (Wildman–Crippen LogP) is 3.05. The maximum atomic E-state index is 5.19. The molecule has 0 unspecified atom stereocenters. The van der Waals surface area contributed by atoms with Gasteiger partial charge in [-0.2, -0.15) is 0 Å². The molecule has 1 aliphatic carbocycles. The molecule has 0 bridgehead atoms. The van der Waals surface area contributed by atoms with E-state index in [1.54, 1.807) is 7.11 Å². The Bertz CT molecular complexity index is 394. The zero-order valence-corrected chi connectivity index (χ0v) is 13.1. The molecular formula is C17H28N2O. The molecule has 1 aliphatic rings. The number of rotatable bonds is 6. The van der Waals surface area contributed by atoms with Crippen LogP contribution in [0.3, 0.4) is 0 Å². The number of likely N-dealkylation sites (N-methyl/N-ethyl adjacent to an activating group) is 1. The maximum Gasteiger partial charge on any atom is 0.118 e. The lowest BCUT2D eigenvalue weighted by molar-refractivity contribution is 0.0984. The van der Waals surface area contributed by atoms with Crippen molar-refractivity contribution >= 4 is 0 Å². The van der Waals surface area contributed by atoms with E-state index in [2.05, 4.69) is 36.4 Å². The molecule has 0 heterocycles. The van der Waals surface area contributed by atoms with E-state index >= 15 is 0 Å². The molecule has 0 saturated heterocycles. The minimum atomic E-state index is 0.352. The normalized spacial score (nSPS) is 18.2. The molecule has 1 N–H and O–H groups in total. The number of nitrogens with zero attached hydrogens (tertiary/aromatic N) is 1. The monoisotopic (exact) mass is 276 g/mol. The Morgan fingerprint density at radius 3 is 2.30 bits per heavy atom. The van der Waals surface area contributed by atoms with Crippen LogP contribution in [0.5, 0.6) is 5.75 Å². The van der Waals surface area contributed by atoms with Crippen LogP contribution in [0.4, 0.5) is 0 Å². The Morgan fingerprint density at radius 1 is 1.10 bits per heavy atom. The number of hydrogen-bond acceptors (Lipinski definition) is 3. The summed E-state index contributed by atoms with van der Waals surface area (Å²) in [5, 5.41) is 3.65. The smallest absolute Gasteiger partial charge is 0.118 e. The standard InChI is InChI=1S/C17H28N2O/c1-19(2)17(11-5-4-6-12-17)14-18-13-15-7-9-16(20-3)10-8-15/h7-10,18H,4-6,11-14H2,1-3H3. The molecule has 0 aromatic heterocycles. The first-order valence-corrected chi connectivity index (χ1v) is 7.67. The summed E-state index contributed by atoms with van der Waals surface area (Å²) in [6, 6.07) is 8.32. The highest BCUT2D eigenvalue weighted by atomic mass is 16.5. The average Bonchev–Trinajstić information content (AvgIpc) is 2.49. The Labute approximate surface area is 123 Å². The van der Waals surface area contributed by atoms with Crippen LogP contribution in [0.15, 0.2) is 24.3 Å². The second-order valence-electron chi connectivity index (χ2n) is 6.13. The number of nitrogens with one attached hydrogen (secondary N) is 1. The summed E-state index contributed by atoms with van der Waals surface area (Å²) >= 11 is 0. The SMILES string of the molecule is COc1ccc(CNCC2(N(C)C)CCCCC2)cc1. The third-order valence-electron chi connectivity index (χ3n) is 4.68. The van der Waals surface area contributed by atoms with Gasteiger partial charge in [-0.1, -0.05) is 31.4 Å². The number of methoxy groups -OCH3 is 1. The first-order chi connectivity index (χ1) is 9.66. The minimum absolute atomic E-state index is 0.352. The van der Waals surface area contributed by atoms with Crippen molar-refractivity contribution in [3.63, 3.8) is 0 Å². The highest BCUT2D eigenvalue weighted by Crippen LogP contribution is 2.31. The summed E-state index contributed by atoms with van der Waals surface area (Å²) in [5.41, 5.74) is 1.67. The second kappa shape index (κ2) is 7.09. The first kappa shape index (κ1) is 15.3. The Morgan fingerprint density at radius 2 is 1.75 bits per heavy atom. The van der Waals surface area contributed by atoms with E-state index in [9.17, 15) is 0 Å². The fraction of sp³-hybridized carbons (Fsp3) is 0.647. The van der Waals surface area contributed by atoms with Gasteiger partial charge in [-0.05, 0) is 44.6 Å². The van der Waals surface area contributed by atoms with Gasteiger partial charge >= 0.3 is 0 Å². The van der Waals surface area contributed by atoms with Crippen LogP contribution in [0, 0.1) is 0 Å². The zero-order valence-electron chi connectivity index (χ0n) is 13.1. The lowest BCUT2D eigenvalue weighted by atomic mass is 9.80. The fourth-order valence-electron chi connectivity index (χ4n) is 3.17.